The fraction of sp³-hybridized carbons (Fsp3) is 0.333. The van der Waals surface area contributed by atoms with Gasteiger partial charge in [0.15, 0.2) is 5.69 Å². The number of thioether (sulfide) groups is 1. The van der Waals surface area contributed by atoms with E-state index in [2.05, 4.69) is 20.2 Å². The second-order valence-electron chi connectivity index (χ2n) is 5.09. The number of carbonyl (C=O) groups is 1. The molecule has 0 spiro atoms. The number of aromatic nitrogens is 5. The van der Waals surface area contributed by atoms with Crippen molar-refractivity contribution >= 4 is 23.4 Å². The second-order valence-corrected chi connectivity index (χ2v) is 6.37. The fourth-order valence-corrected chi connectivity index (χ4v) is 3.14. The zero-order valence-corrected chi connectivity index (χ0v) is 14.6. The maximum Gasteiger partial charge on any atom is 0.433 e. The van der Waals surface area contributed by atoms with Crippen LogP contribution in [-0.2, 0) is 10.9 Å². The van der Waals surface area contributed by atoms with E-state index >= 15 is 0 Å². The Hall–Kier alpha value is -2.56. The highest BCUT2D eigenvalue weighted by Gasteiger charge is 2.33. The number of aromatic amines is 1. The van der Waals surface area contributed by atoms with Crippen LogP contribution in [0.25, 0.3) is 17.0 Å². The normalized spacial score (nSPS) is 11.9. The summed E-state index contributed by atoms with van der Waals surface area (Å²) >= 11 is 1.36. The zero-order chi connectivity index (χ0) is 18.9. The van der Waals surface area contributed by atoms with Gasteiger partial charge in [0.1, 0.15) is 29.1 Å². The predicted octanol–water partition coefficient (Wildman–Crippen LogP) is 3.43. The molecule has 26 heavy (non-hydrogen) atoms. The van der Waals surface area contributed by atoms with E-state index in [1.165, 1.54) is 22.4 Å². The van der Waals surface area contributed by atoms with Crippen molar-refractivity contribution in [3.63, 3.8) is 0 Å². The molecule has 7 nitrogen and oxygen atoms in total. The highest BCUT2D eigenvalue weighted by Crippen LogP contribution is 2.33. The van der Waals surface area contributed by atoms with Gasteiger partial charge in [-0.2, -0.15) is 18.3 Å². The van der Waals surface area contributed by atoms with Gasteiger partial charge in [-0.3, -0.25) is 9.50 Å². The molecular weight excluding hydrogens is 371 g/mol. The topological polar surface area (TPSA) is 85.2 Å². The van der Waals surface area contributed by atoms with Crippen molar-refractivity contribution in [1.82, 2.24) is 24.6 Å². The first-order valence-corrected chi connectivity index (χ1v) is 8.64. The standard InChI is InChI=1S/C15H14F3N5O2S/c1-3-25-14(24)12-13(26-4-2)11(21-22-12)8-6-23-7-19-9(15(16,17)18)5-10(23)20-8/h5-7H,3-4H2,1-2H3,(H,21,22). The largest absolute Gasteiger partial charge is 0.461 e. The van der Waals surface area contributed by atoms with E-state index in [0.29, 0.717) is 22.0 Å². The first-order chi connectivity index (χ1) is 12.3. The van der Waals surface area contributed by atoms with Gasteiger partial charge in [0, 0.05) is 12.3 Å². The zero-order valence-electron chi connectivity index (χ0n) is 13.8. The van der Waals surface area contributed by atoms with E-state index in [0.717, 1.165) is 12.4 Å². The monoisotopic (exact) mass is 385 g/mol. The fourth-order valence-electron chi connectivity index (χ4n) is 2.29. The van der Waals surface area contributed by atoms with Crippen LogP contribution in [0.5, 0.6) is 0 Å². The molecule has 3 heterocycles. The molecule has 138 valence electrons. The van der Waals surface area contributed by atoms with Gasteiger partial charge in [-0.15, -0.1) is 11.8 Å². The molecule has 0 fully saturated rings. The van der Waals surface area contributed by atoms with Crippen LogP contribution in [0.2, 0.25) is 0 Å². The number of hydrogen-bond acceptors (Lipinski definition) is 6. The van der Waals surface area contributed by atoms with Crippen LogP contribution in [0.15, 0.2) is 23.5 Å². The number of alkyl halides is 3. The van der Waals surface area contributed by atoms with Gasteiger partial charge in [0.2, 0.25) is 0 Å². The van der Waals surface area contributed by atoms with Crippen molar-refractivity contribution in [3.8, 4) is 11.4 Å². The molecule has 0 radical (unpaired) electrons. The van der Waals surface area contributed by atoms with Crippen LogP contribution in [-0.4, -0.2) is 42.9 Å². The number of carbonyl (C=O) groups excluding carboxylic acids is 1. The number of nitrogens with one attached hydrogen (secondary N) is 1. The minimum Gasteiger partial charge on any atom is -0.461 e. The van der Waals surface area contributed by atoms with Crippen molar-refractivity contribution in [3.05, 3.63) is 30.0 Å². The van der Waals surface area contributed by atoms with E-state index < -0.39 is 17.8 Å². The second kappa shape index (κ2) is 6.98. The highest BCUT2D eigenvalue weighted by molar-refractivity contribution is 7.99. The maximum absolute atomic E-state index is 12.8. The van der Waals surface area contributed by atoms with Gasteiger partial charge in [-0.25, -0.2) is 14.8 Å². The van der Waals surface area contributed by atoms with Crippen LogP contribution in [0.1, 0.15) is 30.0 Å². The molecular formula is C15H14F3N5O2S. The van der Waals surface area contributed by atoms with Gasteiger partial charge >= 0.3 is 12.1 Å². The Labute approximate surface area is 150 Å². The Morgan fingerprint density at radius 2 is 2.15 bits per heavy atom. The van der Waals surface area contributed by atoms with Crippen molar-refractivity contribution in [2.45, 2.75) is 24.9 Å². The molecule has 11 heteroatoms. The first kappa shape index (κ1) is 18.2. The molecule has 3 rings (SSSR count). The van der Waals surface area contributed by atoms with Crippen molar-refractivity contribution in [2.24, 2.45) is 0 Å². The molecule has 0 amide bonds. The third-order valence-electron chi connectivity index (χ3n) is 3.37. The number of ether oxygens (including phenoxy) is 1. The SMILES string of the molecule is CCOC(=O)c1[nH]nc(-c2cn3cnc(C(F)(F)F)cc3n2)c1SCC. The van der Waals surface area contributed by atoms with Crippen molar-refractivity contribution in [2.75, 3.05) is 12.4 Å². The number of halogens is 3. The Balaban J connectivity index is 2.07. The van der Waals surface area contributed by atoms with E-state index in [1.807, 2.05) is 6.92 Å². The van der Waals surface area contributed by atoms with Crippen LogP contribution in [0, 0.1) is 0 Å². The lowest BCUT2D eigenvalue weighted by molar-refractivity contribution is -0.141. The number of imidazole rings is 1. The summed E-state index contributed by atoms with van der Waals surface area (Å²) in [5.74, 6) is 0.110. The molecule has 3 aromatic heterocycles. The third-order valence-corrected chi connectivity index (χ3v) is 4.35. The van der Waals surface area contributed by atoms with Crippen LogP contribution in [0.3, 0.4) is 0 Å². The van der Waals surface area contributed by atoms with E-state index in [1.54, 1.807) is 6.92 Å². The first-order valence-electron chi connectivity index (χ1n) is 7.65. The average molecular weight is 385 g/mol. The van der Waals surface area contributed by atoms with E-state index in [9.17, 15) is 18.0 Å². The van der Waals surface area contributed by atoms with E-state index in [-0.39, 0.29) is 17.9 Å². The van der Waals surface area contributed by atoms with Gasteiger partial charge in [-0.05, 0) is 12.7 Å². The van der Waals surface area contributed by atoms with Crippen molar-refractivity contribution in [1.29, 1.82) is 0 Å². The Morgan fingerprint density at radius 1 is 1.38 bits per heavy atom. The molecule has 0 aromatic carbocycles. The van der Waals surface area contributed by atoms with Gasteiger partial charge in [-0.1, -0.05) is 6.92 Å². The number of hydrogen-bond donors (Lipinski definition) is 1. The number of esters is 1. The third kappa shape index (κ3) is 3.39. The molecule has 0 aliphatic rings. The summed E-state index contributed by atoms with van der Waals surface area (Å²) in [6.07, 6.45) is -2.01. The minimum absolute atomic E-state index is 0.0791. The number of H-pyrrole nitrogens is 1. The van der Waals surface area contributed by atoms with Crippen molar-refractivity contribution < 1.29 is 22.7 Å². The summed E-state index contributed by atoms with van der Waals surface area (Å²) in [4.78, 5) is 20.2. The smallest absolute Gasteiger partial charge is 0.433 e. The summed E-state index contributed by atoms with van der Waals surface area (Å²) in [5, 5.41) is 6.74. The van der Waals surface area contributed by atoms with Gasteiger partial charge in [0.25, 0.3) is 0 Å². The molecule has 0 atom stereocenters. The average Bonchev–Trinajstić information content (AvgIpc) is 3.17. The maximum atomic E-state index is 12.8. The summed E-state index contributed by atoms with van der Waals surface area (Å²) in [7, 11) is 0. The number of rotatable bonds is 5. The van der Waals surface area contributed by atoms with E-state index in [4.69, 9.17) is 4.74 Å². The molecule has 0 unspecified atom stereocenters. The minimum atomic E-state index is -4.56. The lowest BCUT2D eigenvalue weighted by Gasteiger charge is -2.04. The van der Waals surface area contributed by atoms with Crippen LogP contribution >= 0.6 is 11.8 Å². The number of nitrogens with zero attached hydrogens (tertiary/aromatic N) is 4. The molecule has 0 bridgehead atoms. The van der Waals surface area contributed by atoms with Crippen LogP contribution in [0.4, 0.5) is 13.2 Å². The summed E-state index contributed by atoms with van der Waals surface area (Å²) in [6, 6.07) is 0.856. The Kier molecular flexibility index (Phi) is 4.90. The lowest BCUT2D eigenvalue weighted by atomic mass is 10.3. The lowest BCUT2D eigenvalue weighted by Crippen LogP contribution is -2.08. The molecule has 3 aromatic rings. The molecule has 0 aliphatic heterocycles. The molecule has 0 saturated carbocycles. The van der Waals surface area contributed by atoms with Crippen LogP contribution < -0.4 is 0 Å². The molecule has 0 aliphatic carbocycles. The number of fused-ring (bicyclic) bond motifs is 1. The Morgan fingerprint density at radius 3 is 2.81 bits per heavy atom. The summed E-state index contributed by atoms with van der Waals surface area (Å²) < 4.78 is 44.8. The summed E-state index contributed by atoms with van der Waals surface area (Å²) in [6.45, 7) is 3.80. The highest BCUT2D eigenvalue weighted by atomic mass is 32.2. The van der Waals surface area contributed by atoms with Gasteiger partial charge < -0.3 is 4.74 Å². The summed E-state index contributed by atoms with van der Waals surface area (Å²) in [5.41, 5.74) is -0.0547. The van der Waals surface area contributed by atoms with Gasteiger partial charge in [0.05, 0.1) is 11.5 Å². The quantitative estimate of drug-likeness (QED) is 0.535. The molecule has 1 N–H and O–H groups in total. The Bertz CT molecular complexity index is 951. The molecule has 0 saturated heterocycles. The predicted molar refractivity (Wildman–Crippen MR) is 87.9 cm³/mol.